The van der Waals surface area contributed by atoms with Gasteiger partial charge < -0.3 is 5.32 Å². The summed E-state index contributed by atoms with van der Waals surface area (Å²) in [7, 11) is -3.67. The third-order valence-electron chi connectivity index (χ3n) is 4.32. The number of aromatic nitrogens is 1. The fourth-order valence-electron chi connectivity index (χ4n) is 2.89. The number of rotatable bonds is 8. The van der Waals surface area contributed by atoms with Gasteiger partial charge in [0.15, 0.2) is 0 Å². The summed E-state index contributed by atoms with van der Waals surface area (Å²) < 4.78 is 41.7. The summed E-state index contributed by atoms with van der Waals surface area (Å²) in [5.74, 6) is -0.254. The first-order valence-corrected chi connectivity index (χ1v) is 11.1. The van der Waals surface area contributed by atoms with Gasteiger partial charge in [-0.1, -0.05) is 18.2 Å². The summed E-state index contributed by atoms with van der Waals surface area (Å²) in [4.78, 5) is 4.25. The second-order valence-corrected chi connectivity index (χ2v) is 9.05. The van der Waals surface area contributed by atoms with Crippen LogP contribution in [-0.4, -0.2) is 32.5 Å². The van der Waals surface area contributed by atoms with Crippen molar-refractivity contribution < 1.29 is 12.8 Å². The van der Waals surface area contributed by atoms with E-state index in [1.807, 2.05) is 0 Å². The molecule has 0 saturated carbocycles. The number of halogens is 3. The predicted octanol–water partition coefficient (Wildman–Crippen LogP) is 4.06. The molecule has 0 aliphatic carbocycles. The molecule has 0 aliphatic heterocycles. The van der Waals surface area contributed by atoms with Crippen LogP contribution in [0.2, 0.25) is 0 Å². The first-order valence-electron chi connectivity index (χ1n) is 8.86. The van der Waals surface area contributed by atoms with E-state index in [-0.39, 0.29) is 29.2 Å². The highest BCUT2D eigenvalue weighted by Gasteiger charge is 2.21. The largest absolute Gasteiger partial charge is 0.315 e. The third-order valence-corrected chi connectivity index (χ3v) is 7.07. The van der Waals surface area contributed by atoms with E-state index in [1.165, 1.54) is 12.1 Å². The maximum Gasteiger partial charge on any atom is 0.241 e. The molecular formula is C20H22BrClFN3O2S. The van der Waals surface area contributed by atoms with Crippen molar-refractivity contribution in [3.63, 3.8) is 0 Å². The molecule has 1 aromatic heterocycles. The van der Waals surface area contributed by atoms with Crippen molar-refractivity contribution in [1.29, 1.82) is 0 Å². The third kappa shape index (κ3) is 6.20. The monoisotopic (exact) mass is 501 g/mol. The van der Waals surface area contributed by atoms with E-state index in [0.717, 1.165) is 22.8 Å². The molecule has 0 unspecified atom stereocenters. The molecule has 1 atom stereocenters. The molecule has 0 aliphatic rings. The minimum Gasteiger partial charge on any atom is -0.315 e. The molecule has 1 heterocycles. The van der Waals surface area contributed by atoms with Crippen LogP contribution in [0.15, 0.2) is 64.2 Å². The summed E-state index contributed by atoms with van der Waals surface area (Å²) in [6.07, 6.45) is 4.06. The highest BCUT2D eigenvalue weighted by molar-refractivity contribution is 9.10. The van der Waals surface area contributed by atoms with Crippen LogP contribution < -0.4 is 10.0 Å². The lowest BCUT2D eigenvalue weighted by atomic mass is 10.1. The zero-order valence-electron chi connectivity index (χ0n) is 15.7. The molecule has 0 radical (unpaired) electrons. The van der Waals surface area contributed by atoms with Gasteiger partial charge in [-0.25, -0.2) is 17.5 Å². The van der Waals surface area contributed by atoms with E-state index in [0.29, 0.717) is 17.6 Å². The Bertz CT molecular complexity index is 1070. The minimum atomic E-state index is -3.67. The normalized spacial score (nSPS) is 12.5. The Morgan fingerprint density at radius 2 is 1.86 bits per heavy atom. The van der Waals surface area contributed by atoms with Gasteiger partial charge in [0.05, 0.1) is 4.90 Å². The number of sulfonamides is 1. The van der Waals surface area contributed by atoms with Crippen molar-refractivity contribution in [3.8, 4) is 0 Å². The SMILES string of the molecule is C[C@H](CNCCc1ccc(F)cc1)NS(=O)(=O)c1ccc2cnccc2c1Br.Cl. The first kappa shape index (κ1) is 23.7. The molecule has 2 N–H and O–H groups in total. The topological polar surface area (TPSA) is 71.1 Å². The van der Waals surface area contributed by atoms with Crippen LogP contribution in [0.5, 0.6) is 0 Å². The molecule has 3 aromatic rings. The molecular weight excluding hydrogens is 481 g/mol. The van der Waals surface area contributed by atoms with Crippen molar-refractivity contribution in [3.05, 3.63) is 70.7 Å². The van der Waals surface area contributed by atoms with Gasteiger partial charge in [-0.15, -0.1) is 12.4 Å². The fraction of sp³-hybridized carbons (Fsp3) is 0.250. The number of nitrogens with zero attached hydrogens (tertiary/aromatic N) is 1. The van der Waals surface area contributed by atoms with E-state index < -0.39 is 10.0 Å². The average Bonchev–Trinajstić information content (AvgIpc) is 2.66. The van der Waals surface area contributed by atoms with Crippen LogP contribution in [0.25, 0.3) is 10.8 Å². The highest BCUT2D eigenvalue weighted by Crippen LogP contribution is 2.30. The lowest BCUT2D eigenvalue weighted by Gasteiger charge is -2.16. The van der Waals surface area contributed by atoms with Gasteiger partial charge in [0, 0.05) is 40.2 Å². The molecule has 0 saturated heterocycles. The Hall–Kier alpha value is -1.58. The van der Waals surface area contributed by atoms with Crippen LogP contribution in [0.3, 0.4) is 0 Å². The molecule has 0 amide bonds. The average molecular weight is 503 g/mol. The molecule has 2 aromatic carbocycles. The number of nitrogens with one attached hydrogen (secondary N) is 2. The number of benzene rings is 2. The molecule has 156 valence electrons. The van der Waals surface area contributed by atoms with E-state index in [2.05, 4.69) is 31.0 Å². The van der Waals surface area contributed by atoms with E-state index in [1.54, 1.807) is 49.6 Å². The minimum absolute atomic E-state index is 0. The Kier molecular flexibility index (Phi) is 8.54. The zero-order chi connectivity index (χ0) is 20.1. The number of pyridine rings is 1. The summed E-state index contributed by atoms with van der Waals surface area (Å²) in [6.45, 7) is 2.96. The van der Waals surface area contributed by atoms with Gasteiger partial charge in [0.2, 0.25) is 10.0 Å². The maximum absolute atomic E-state index is 12.9. The van der Waals surface area contributed by atoms with Crippen molar-refractivity contribution in [2.75, 3.05) is 13.1 Å². The van der Waals surface area contributed by atoms with Crippen LogP contribution in [0, 0.1) is 5.82 Å². The molecule has 0 bridgehead atoms. The van der Waals surface area contributed by atoms with Gasteiger partial charge in [-0.3, -0.25) is 4.98 Å². The quantitative estimate of drug-likeness (QED) is 0.456. The zero-order valence-corrected chi connectivity index (χ0v) is 18.9. The van der Waals surface area contributed by atoms with Gasteiger partial charge in [0.25, 0.3) is 0 Å². The molecule has 3 rings (SSSR count). The summed E-state index contributed by atoms with van der Waals surface area (Å²) in [6, 6.07) is 11.2. The van der Waals surface area contributed by atoms with Crippen LogP contribution in [0.4, 0.5) is 4.39 Å². The molecule has 0 spiro atoms. The van der Waals surface area contributed by atoms with Crippen LogP contribution >= 0.6 is 28.3 Å². The van der Waals surface area contributed by atoms with E-state index in [9.17, 15) is 12.8 Å². The second kappa shape index (κ2) is 10.4. The van der Waals surface area contributed by atoms with Crippen molar-refractivity contribution in [2.45, 2.75) is 24.3 Å². The van der Waals surface area contributed by atoms with Crippen LogP contribution in [-0.2, 0) is 16.4 Å². The van der Waals surface area contributed by atoms with Crippen molar-refractivity contribution >= 4 is 49.1 Å². The predicted molar refractivity (Wildman–Crippen MR) is 119 cm³/mol. The van der Waals surface area contributed by atoms with Gasteiger partial charge in [-0.05, 0) is 65.6 Å². The number of hydrogen-bond donors (Lipinski definition) is 2. The maximum atomic E-state index is 12.9. The summed E-state index contributed by atoms with van der Waals surface area (Å²) in [5.41, 5.74) is 1.02. The Balaban J connectivity index is 0.00000300. The summed E-state index contributed by atoms with van der Waals surface area (Å²) in [5, 5.41) is 4.88. The fourth-order valence-corrected chi connectivity index (χ4v) is 5.36. The Morgan fingerprint density at radius 1 is 1.14 bits per heavy atom. The molecule has 0 fully saturated rings. The highest BCUT2D eigenvalue weighted by atomic mass is 79.9. The first-order chi connectivity index (χ1) is 13.4. The number of fused-ring (bicyclic) bond motifs is 1. The van der Waals surface area contributed by atoms with E-state index in [4.69, 9.17) is 0 Å². The molecule has 5 nitrogen and oxygen atoms in total. The molecule has 9 heteroatoms. The summed E-state index contributed by atoms with van der Waals surface area (Å²) >= 11 is 3.41. The smallest absolute Gasteiger partial charge is 0.241 e. The Labute approximate surface area is 184 Å². The number of hydrogen-bond acceptors (Lipinski definition) is 4. The lowest BCUT2D eigenvalue weighted by molar-refractivity contribution is 0.537. The van der Waals surface area contributed by atoms with Gasteiger partial charge >= 0.3 is 0 Å². The van der Waals surface area contributed by atoms with Crippen molar-refractivity contribution in [1.82, 2.24) is 15.0 Å². The lowest BCUT2D eigenvalue weighted by Crippen LogP contribution is -2.40. The van der Waals surface area contributed by atoms with Gasteiger partial charge in [-0.2, -0.15) is 0 Å². The van der Waals surface area contributed by atoms with Crippen LogP contribution in [0.1, 0.15) is 12.5 Å². The van der Waals surface area contributed by atoms with Gasteiger partial charge in [0.1, 0.15) is 5.82 Å². The Morgan fingerprint density at radius 3 is 2.59 bits per heavy atom. The van der Waals surface area contributed by atoms with Crippen molar-refractivity contribution in [2.24, 2.45) is 0 Å². The van der Waals surface area contributed by atoms with E-state index >= 15 is 0 Å². The second-order valence-electron chi connectivity index (χ2n) is 6.58. The molecule has 29 heavy (non-hydrogen) atoms. The standard InChI is InChI=1S/C20H21BrFN3O2S.ClH/c1-14(12-23-10-8-15-2-5-17(22)6-3-15)25-28(26,27)19-7-4-16-13-24-11-9-18(16)20(19)21;/h2-7,9,11,13-14,23,25H,8,10,12H2,1H3;1H/t14-;/m1./s1.